The summed E-state index contributed by atoms with van der Waals surface area (Å²) in [6.07, 6.45) is 4.59. The van der Waals surface area contributed by atoms with Crippen molar-refractivity contribution in [2.75, 3.05) is 5.32 Å². The van der Waals surface area contributed by atoms with E-state index < -0.39 is 0 Å². The number of rotatable bonds is 6. The Balaban J connectivity index is 1.96. The first-order valence-corrected chi connectivity index (χ1v) is 8.19. The van der Waals surface area contributed by atoms with E-state index in [2.05, 4.69) is 57.8 Å². The third-order valence-electron chi connectivity index (χ3n) is 3.43. The van der Waals surface area contributed by atoms with Gasteiger partial charge in [-0.15, -0.1) is 11.3 Å². The predicted molar refractivity (Wildman–Crippen MR) is 85.8 cm³/mol. The topological polar surface area (TPSA) is 55.1 Å². The predicted octanol–water partition coefficient (Wildman–Crippen LogP) is 3.70. The van der Waals surface area contributed by atoms with Gasteiger partial charge in [-0.3, -0.25) is 0 Å². The second-order valence-corrected chi connectivity index (χ2v) is 5.95. The van der Waals surface area contributed by atoms with Crippen LogP contribution in [-0.2, 0) is 6.42 Å². The van der Waals surface area contributed by atoms with Crippen molar-refractivity contribution >= 4 is 22.9 Å². The summed E-state index contributed by atoms with van der Waals surface area (Å²) in [6, 6.07) is 6.62. The molecule has 5 nitrogen and oxygen atoms in total. The van der Waals surface area contributed by atoms with Crippen molar-refractivity contribution in [2.45, 2.75) is 39.2 Å². The van der Waals surface area contributed by atoms with E-state index in [0.29, 0.717) is 5.78 Å². The summed E-state index contributed by atoms with van der Waals surface area (Å²) in [5, 5.41) is 9.97. The number of hydrogen-bond donors (Lipinski definition) is 1. The molecule has 0 aromatic carbocycles. The Morgan fingerprint density at radius 3 is 3.00 bits per heavy atom. The van der Waals surface area contributed by atoms with Crippen molar-refractivity contribution in [3.8, 4) is 0 Å². The first kappa shape index (κ1) is 14.0. The molecule has 6 heteroatoms. The molecule has 0 aliphatic rings. The zero-order valence-corrected chi connectivity index (χ0v) is 13.1. The molecular formula is C15H19N5S. The van der Waals surface area contributed by atoms with Gasteiger partial charge in [0.2, 0.25) is 0 Å². The van der Waals surface area contributed by atoms with Crippen molar-refractivity contribution in [2.24, 2.45) is 0 Å². The lowest BCUT2D eigenvalue weighted by molar-refractivity contribution is 0.745. The fourth-order valence-electron chi connectivity index (χ4n) is 2.39. The molecule has 3 heterocycles. The number of hydrogen-bond acceptors (Lipinski definition) is 5. The van der Waals surface area contributed by atoms with Crippen molar-refractivity contribution in [3.63, 3.8) is 0 Å². The molecule has 1 atom stereocenters. The standard InChI is InChI=1S/C15H19N5S/c1-3-6-11-9-14(20-15(18-11)16-10-17-20)19-12(4-2)13-7-5-8-21-13/h5,7-10,12,19H,3-4,6H2,1-2H3. The Bertz CT molecular complexity index is 704. The Kier molecular flexibility index (Phi) is 4.15. The number of nitrogens with one attached hydrogen (secondary N) is 1. The fraction of sp³-hybridized carbons (Fsp3) is 0.400. The lowest BCUT2D eigenvalue weighted by Crippen LogP contribution is -2.13. The SMILES string of the molecule is CCCc1cc(NC(CC)c2cccs2)n2ncnc2n1. The lowest BCUT2D eigenvalue weighted by Gasteiger charge is -2.17. The zero-order chi connectivity index (χ0) is 14.7. The Morgan fingerprint density at radius 2 is 2.29 bits per heavy atom. The van der Waals surface area contributed by atoms with Crippen molar-refractivity contribution in [1.29, 1.82) is 0 Å². The van der Waals surface area contributed by atoms with Gasteiger partial charge in [-0.05, 0) is 24.3 Å². The molecule has 0 saturated heterocycles. The quantitative estimate of drug-likeness (QED) is 0.754. The molecule has 0 saturated carbocycles. The molecule has 0 aliphatic heterocycles. The van der Waals surface area contributed by atoms with Crippen LogP contribution in [0.3, 0.4) is 0 Å². The van der Waals surface area contributed by atoms with Crippen LogP contribution < -0.4 is 5.32 Å². The maximum atomic E-state index is 4.53. The van der Waals surface area contributed by atoms with Crippen LogP contribution in [0.1, 0.15) is 43.3 Å². The Labute approximate surface area is 128 Å². The highest BCUT2D eigenvalue weighted by Crippen LogP contribution is 2.26. The first-order valence-electron chi connectivity index (χ1n) is 7.31. The average molecular weight is 301 g/mol. The molecule has 1 N–H and O–H groups in total. The van der Waals surface area contributed by atoms with E-state index in [1.54, 1.807) is 22.2 Å². The normalized spacial score (nSPS) is 12.7. The van der Waals surface area contributed by atoms with E-state index >= 15 is 0 Å². The Morgan fingerprint density at radius 1 is 1.38 bits per heavy atom. The van der Waals surface area contributed by atoms with Gasteiger partial charge in [0.15, 0.2) is 0 Å². The van der Waals surface area contributed by atoms with Crippen LogP contribution in [0, 0.1) is 0 Å². The summed E-state index contributed by atoms with van der Waals surface area (Å²) in [4.78, 5) is 10.1. The van der Waals surface area contributed by atoms with Crippen LogP contribution in [0.4, 0.5) is 5.82 Å². The minimum Gasteiger partial charge on any atom is -0.362 e. The van der Waals surface area contributed by atoms with Gasteiger partial charge < -0.3 is 5.32 Å². The first-order chi connectivity index (χ1) is 10.3. The minimum absolute atomic E-state index is 0.286. The molecule has 0 fully saturated rings. The van der Waals surface area contributed by atoms with Crippen molar-refractivity contribution in [3.05, 3.63) is 40.5 Å². The highest BCUT2D eigenvalue weighted by molar-refractivity contribution is 7.10. The van der Waals surface area contributed by atoms with Crippen LogP contribution in [0.25, 0.3) is 5.78 Å². The molecule has 3 rings (SSSR count). The van der Waals surface area contributed by atoms with Gasteiger partial charge in [0.25, 0.3) is 5.78 Å². The van der Waals surface area contributed by atoms with Crippen LogP contribution in [0.2, 0.25) is 0 Å². The molecule has 0 amide bonds. The van der Waals surface area contributed by atoms with Gasteiger partial charge in [0, 0.05) is 16.6 Å². The number of aryl methyl sites for hydroxylation is 1. The summed E-state index contributed by atoms with van der Waals surface area (Å²) in [7, 11) is 0. The summed E-state index contributed by atoms with van der Waals surface area (Å²) in [6.45, 7) is 4.34. The Hall–Kier alpha value is -1.95. The van der Waals surface area contributed by atoms with E-state index in [0.717, 1.165) is 30.8 Å². The smallest absolute Gasteiger partial charge is 0.254 e. The molecule has 0 aliphatic carbocycles. The van der Waals surface area contributed by atoms with E-state index in [1.807, 2.05) is 0 Å². The van der Waals surface area contributed by atoms with E-state index in [-0.39, 0.29) is 6.04 Å². The number of nitrogens with zero attached hydrogens (tertiary/aromatic N) is 4. The molecule has 1 unspecified atom stereocenters. The summed E-state index contributed by atoms with van der Waals surface area (Å²) in [5.41, 5.74) is 1.06. The maximum absolute atomic E-state index is 4.53. The summed E-state index contributed by atoms with van der Waals surface area (Å²) in [5.74, 6) is 1.62. The van der Waals surface area contributed by atoms with Gasteiger partial charge in [0.05, 0.1) is 6.04 Å². The second-order valence-electron chi connectivity index (χ2n) is 4.98. The lowest BCUT2D eigenvalue weighted by atomic mass is 10.2. The largest absolute Gasteiger partial charge is 0.362 e. The van der Waals surface area contributed by atoms with E-state index in [9.17, 15) is 0 Å². The monoisotopic (exact) mass is 301 g/mol. The highest BCUT2D eigenvalue weighted by Gasteiger charge is 2.14. The van der Waals surface area contributed by atoms with Gasteiger partial charge in [-0.25, -0.2) is 4.98 Å². The zero-order valence-electron chi connectivity index (χ0n) is 12.3. The summed E-state index contributed by atoms with van der Waals surface area (Å²) >= 11 is 1.77. The van der Waals surface area contributed by atoms with Crippen LogP contribution in [-0.4, -0.2) is 19.6 Å². The van der Waals surface area contributed by atoms with Crippen molar-refractivity contribution < 1.29 is 0 Å². The van der Waals surface area contributed by atoms with Gasteiger partial charge >= 0.3 is 0 Å². The van der Waals surface area contributed by atoms with Crippen LogP contribution in [0.5, 0.6) is 0 Å². The highest BCUT2D eigenvalue weighted by atomic mass is 32.1. The number of aromatic nitrogens is 4. The molecular weight excluding hydrogens is 282 g/mol. The number of thiophene rings is 1. The molecule has 3 aromatic heterocycles. The van der Waals surface area contributed by atoms with Crippen molar-refractivity contribution in [1.82, 2.24) is 19.6 Å². The molecule has 3 aromatic rings. The third-order valence-corrected chi connectivity index (χ3v) is 4.41. The number of fused-ring (bicyclic) bond motifs is 1. The average Bonchev–Trinajstić information content (AvgIpc) is 3.15. The second kappa shape index (κ2) is 6.22. The van der Waals surface area contributed by atoms with E-state index in [4.69, 9.17) is 0 Å². The maximum Gasteiger partial charge on any atom is 0.254 e. The molecule has 21 heavy (non-hydrogen) atoms. The molecule has 110 valence electrons. The minimum atomic E-state index is 0.286. The van der Waals surface area contributed by atoms with Gasteiger partial charge in [-0.2, -0.15) is 14.6 Å². The number of anilines is 1. The molecule has 0 spiro atoms. The molecule has 0 radical (unpaired) electrons. The fourth-order valence-corrected chi connectivity index (χ4v) is 3.25. The van der Waals surface area contributed by atoms with Gasteiger partial charge in [0.1, 0.15) is 12.1 Å². The van der Waals surface area contributed by atoms with Gasteiger partial charge in [-0.1, -0.05) is 26.3 Å². The van der Waals surface area contributed by atoms with Crippen LogP contribution >= 0.6 is 11.3 Å². The summed E-state index contributed by atoms with van der Waals surface area (Å²) < 4.78 is 1.77. The van der Waals surface area contributed by atoms with Crippen LogP contribution in [0.15, 0.2) is 29.9 Å². The third kappa shape index (κ3) is 2.90. The molecule has 0 bridgehead atoms. The van der Waals surface area contributed by atoms with E-state index in [1.165, 1.54) is 4.88 Å².